The first-order valence-electron chi connectivity index (χ1n) is 11.2. The van der Waals surface area contributed by atoms with Gasteiger partial charge in [-0.2, -0.15) is 11.8 Å². The average molecular weight is 490 g/mol. The van der Waals surface area contributed by atoms with Gasteiger partial charge in [-0.25, -0.2) is 0 Å². The van der Waals surface area contributed by atoms with Gasteiger partial charge in [0.2, 0.25) is 5.91 Å². The van der Waals surface area contributed by atoms with Crippen molar-refractivity contribution in [1.29, 1.82) is 0 Å². The van der Waals surface area contributed by atoms with Crippen LogP contribution < -0.4 is 15.4 Å². The van der Waals surface area contributed by atoms with Gasteiger partial charge in [-0.05, 0) is 74.2 Å². The molecule has 33 heavy (non-hydrogen) atoms. The van der Waals surface area contributed by atoms with Gasteiger partial charge < -0.3 is 15.4 Å². The summed E-state index contributed by atoms with van der Waals surface area (Å²) in [5, 5.41) is 6.34. The van der Waals surface area contributed by atoms with Gasteiger partial charge in [-0.3, -0.25) is 14.5 Å². The number of amides is 2. The summed E-state index contributed by atoms with van der Waals surface area (Å²) in [5.74, 6) is 1.05. The molecule has 2 N–H and O–H groups in total. The Kier molecular flexibility index (Phi) is 9.91. The van der Waals surface area contributed by atoms with Crippen LogP contribution in [0.5, 0.6) is 5.75 Å². The zero-order valence-electron chi connectivity index (χ0n) is 19.2. The Morgan fingerprint density at radius 1 is 1.12 bits per heavy atom. The first kappa shape index (κ1) is 25.4. The van der Waals surface area contributed by atoms with E-state index in [1.807, 2.05) is 18.4 Å². The number of nitrogens with one attached hydrogen (secondary N) is 2. The lowest BCUT2D eigenvalue weighted by atomic mass is 10.0. The van der Waals surface area contributed by atoms with Crippen LogP contribution in [-0.2, 0) is 4.79 Å². The Bertz CT molecular complexity index is 919. The summed E-state index contributed by atoms with van der Waals surface area (Å²) in [6.07, 6.45) is 4.84. The van der Waals surface area contributed by atoms with Crippen molar-refractivity contribution in [2.45, 2.75) is 31.3 Å². The number of ether oxygens (including phenoxy) is 1. The Morgan fingerprint density at radius 2 is 1.82 bits per heavy atom. The van der Waals surface area contributed by atoms with Crippen molar-refractivity contribution in [2.24, 2.45) is 0 Å². The molecule has 0 unspecified atom stereocenters. The van der Waals surface area contributed by atoms with Gasteiger partial charge in [0.05, 0.1) is 23.7 Å². The van der Waals surface area contributed by atoms with Crippen molar-refractivity contribution in [3.8, 4) is 5.75 Å². The summed E-state index contributed by atoms with van der Waals surface area (Å²) in [5.41, 5.74) is 1.51. The van der Waals surface area contributed by atoms with Gasteiger partial charge in [0, 0.05) is 6.54 Å². The van der Waals surface area contributed by atoms with Crippen LogP contribution in [0.2, 0.25) is 5.02 Å². The summed E-state index contributed by atoms with van der Waals surface area (Å²) < 4.78 is 5.29. The Hall–Kier alpha value is -2.22. The van der Waals surface area contributed by atoms with E-state index in [1.165, 1.54) is 0 Å². The number of halogens is 1. The first-order chi connectivity index (χ1) is 16.0. The fourth-order valence-electron chi connectivity index (χ4n) is 4.04. The molecule has 0 spiro atoms. The van der Waals surface area contributed by atoms with Gasteiger partial charge in [0.1, 0.15) is 11.8 Å². The van der Waals surface area contributed by atoms with Crippen LogP contribution in [0.1, 0.15) is 41.2 Å². The quantitative estimate of drug-likeness (QED) is 0.496. The molecule has 0 aromatic heterocycles. The van der Waals surface area contributed by atoms with E-state index >= 15 is 0 Å². The molecule has 178 valence electrons. The van der Waals surface area contributed by atoms with Gasteiger partial charge in [0.25, 0.3) is 5.91 Å². The molecular weight excluding hydrogens is 458 g/mol. The zero-order chi connectivity index (χ0) is 23.6. The van der Waals surface area contributed by atoms with E-state index in [9.17, 15) is 9.59 Å². The SMILES string of the molecule is COc1ccc([C@H](CNC(=O)[C@H](CCSC)NC(=O)c2ccccc2Cl)N2CCCC2)cc1. The summed E-state index contributed by atoms with van der Waals surface area (Å²) >= 11 is 7.81. The van der Waals surface area contributed by atoms with Crippen LogP contribution in [0.15, 0.2) is 48.5 Å². The predicted octanol–water partition coefficient (Wildman–Crippen LogP) is 4.15. The van der Waals surface area contributed by atoms with Crippen molar-refractivity contribution in [3.63, 3.8) is 0 Å². The fourth-order valence-corrected chi connectivity index (χ4v) is 4.74. The molecular formula is C25H32ClN3O3S. The summed E-state index contributed by atoms with van der Waals surface area (Å²) in [6.45, 7) is 2.49. The van der Waals surface area contributed by atoms with Crippen LogP contribution in [0, 0.1) is 0 Å². The minimum atomic E-state index is -0.628. The molecule has 2 aromatic rings. The minimum Gasteiger partial charge on any atom is -0.497 e. The Morgan fingerprint density at radius 3 is 2.45 bits per heavy atom. The third kappa shape index (κ3) is 7.13. The highest BCUT2D eigenvalue weighted by molar-refractivity contribution is 7.98. The van der Waals surface area contributed by atoms with Crippen molar-refractivity contribution in [3.05, 3.63) is 64.7 Å². The number of hydrogen-bond donors (Lipinski definition) is 2. The number of benzene rings is 2. The summed E-state index contributed by atoms with van der Waals surface area (Å²) in [6, 6.07) is 14.3. The molecule has 0 aliphatic carbocycles. The zero-order valence-corrected chi connectivity index (χ0v) is 20.8. The van der Waals surface area contributed by atoms with Gasteiger partial charge >= 0.3 is 0 Å². The molecule has 6 nitrogen and oxygen atoms in total. The number of thioether (sulfide) groups is 1. The second-order valence-electron chi connectivity index (χ2n) is 8.06. The number of rotatable bonds is 11. The maximum atomic E-state index is 13.1. The van der Waals surface area contributed by atoms with Crippen LogP contribution in [-0.4, -0.2) is 61.5 Å². The second kappa shape index (κ2) is 12.9. The molecule has 8 heteroatoms. The third-order valence-corrected chi connectivity index (χ3v) is 6.88. The van der Waals surface area contributed by atoms with E-state index in [-0.39, 0.29) is 17.9 Å². The summed E-state index contributed by atoms with van der Waals surface area (Å²) in [4.78, 5) is 28.3. The van der Waals surface area contributed by atoms with Crippen molar-refractivity contribution in [2.75, 3.05) is 38.8 Å². The maximum absolute atomic E-state index is 13.1. The lowest BCUT2D eigenvalue weighted by molar-refractivity contribution is -0.123. The summed E-state index contributed by atoms with van der Waals surface area (Å²) in [7, 11) is 1.65. The van der Waals surface area contributed by atoms with E-state index in [0.29, 0.717) is 23.6 Å². The first-order valence-corrected chi connectivity index (χ1v) is 13.0. The van der Waals surface area contributed by atoms with Crippen molar-refractivity contribution < 1.29 is 14.3 Å². The number of hydrogen-bond acceptors (Lipinski definition) is 5. The number of nitrogens with zero attached hydrogens (tertiary/aromatic N) is 1. The molecule has 2 amide bonds. The maximum Gasteiger partial charge on any atom is 0.253 e. The number of carbonyl (C=O) groups is 2. The molecule has 3 rings (SSSR count). The molecule has 2 atom stereocenters. The van der Waals surface area contributed by atoms with E-state index in [4.69, 9.17) is 16.3 Å². The largest absolute Gasteiger partial charge is 0.497 e. The van der Waals surface area contributed by atoms with E-state index in [0.717, 1.165) is 43.0 Å². The topological polar surface area (TPSA) is 70.7 Å². The molecule has 1 aliphatic rings. The van der Waals surface area contributed by atoms with E-state index < -0.39 is 6.04 Å². The normalized spacial score (nSPS) is 15.6. The molecule has 1 saturated heterocycles. The van der Waals surface area contributed by atoms with Gasteiger partial charge in [-0.15, -0.1) is 0 Å². The molecule has 1 aliphatic heterocycles. The van der Waals surface area contributed by atoms with Crippen LogP contribution in [0.3, 0.4) is 0 Å². The van der Waals surface area contributed by atoms with Crippen LogP contribution in [0.25, 0.3) is 0 Å². The third-order valence-electron chi connectivity index (χ3n) is 5.90. The Balaban J connectivity index is 1.69. The number of methoxy groups -OCH3 is 1. The standard InChI is InChI=1S/C25H32ClN3O3S/c1-32-19-11-9-18(10-12-19)23(29-14-5-6-15-29)17-27-25(31)22(13-16-33-2)28-24(30)20-7-3-4-8-21(20)26/h3-4,7-12,22-23H,5-6,13-17H2,1-2H3,(H,27,31)(H,28,30)/t22-,23-/m0/s1. The number of carbonyl (C=O) groups excluding carboxylic acids is 2. The highest BCUT2D eigenvalue weighted by Gasteiger charge is 2.27. The van der Waals surface area contributed by atoms with Crippen molar-refractivity contribution >= 4 is 35.2 Å². The molecule has 2 aromatic carbocycles. The molecule has 1 fully saturated rings. The second-order valence-corrected chi connectivity index (χ2v) is 9.46. The predicted molar refractivity (Wildman–Crippen MR) is 135 cm³/mol. The lowest BCUT2D eigenvalue weighted by Crippen LogP contribution is -2.49. The number of likely N-dealkylation sites (tertiary alicyclic amines) is 1. The van der Waals surface area contributed by atoms with Crippen LogP contribution >= 0.6 is 23.4 Å². The van der Waals surface area contributed by atoms with Gasteiger partial charge in [0.15, 0.2) is 0 Å². The molecule has 1 heterocycles. The van der Waals surface area contributed by atoms with Gasteiger partial charge in [-0.1, -0.05) is 35.9 Å². The monoisotopic (exact) mass is 489 g/mol. The van der Waals surface area contributed by atoms with Crippen LogP contribution in [0.4, 0.5) is 0 Å². The van der Waals surface area contributed by atoms with E-state index in [1.54, 1.807) is 43.1 Å². The fraction of sp³-hybridized carbons (Fsp3) is 0.440. The highest BCUT2D eigenvalue weighted by Crippen LogP contribution is 2.26. The smallest absolute Gasteiger partial charge is 0.253 e. The average Bonchev–Trinajstić information content (AvgIpc) is 3.37. The Labute approximate surface area is 205 Å². The molecule has 0 radical (unpaired) electrons. The molecule has 0 saturated carbocycles. The highest BCUT2D eigenvalue weighted by atomic mass is 35.5. The minimum absolute atomic E-state index is 0.0721. The lowest BCUT2D eigenvalue weighted by Gasteiger charge is -2.29. The molecule has 0 bridgehead atoms. The van der Waals surface area contributed by atoms with E-state index in [2.05, 4.69) is 27.7 Å². The van der Waals surface area contributed by atoms with Crippen molar-refractivity contribution in [1.82, 2.24) is 15.5 Å².